The summed E-state index contributed by atoms with van der Waals surface area (Å²) in [6.07, 6.45) is 0.911. The van der Waals surface area contributed by atoms with Gasteiger partial charge in [0.25, 0.3) is 5.91 Å². The van der Waals surface area contributed by atoms with Gasteiger partial charge in [0, 0.05) is 30.6 Å². The molecule has 2 amide bonds. The van der Waals surface area contributed by atoms with Gasteiger partial charge in [-0.2, -0.15) is 0 Å². The maximum atomic E-state index is 13.2. The van der Waals surface area contributed by atoms with Crippen LogP contribution in [0.25, 0.3) is 0 Å². The first-order valence-corrected chi connectivity index (χ1v) is 11.2. The van der Waals surface area contributed by atoms with Gasteiger partial charge in [0.1, 0.15) is 5.75 Å². The fraction of sp³-hybridized carbons (Fsp3) is 0.417. The summed E-state index contributed by atoms with van der Waals surface area (Å²) in [5.41, 5.74) is 1.39. The predicted octanol–water partition coefficient (Wildman–Crippen LogP) is 5.02. The second kappa shape index (κ2) is 10.4. The molecule has 1 saturated heterocycles. The van der Waals surface area contributed by atoms with E-state index in [0.717, 1.165) is 17.7 Å². The van der Waals surface area contributed by atoms with Crippen LogP contribution in [0.4, 0.5) is 0 Å². The Morgan fingerprint density at radius 1 is 1.13 bits per heavy atom. The van der Waals surface area contributed by atoms with Crippen molar-refractivity contribution in [3.05, 3.63) is 63.6 Å². The van der Waals surface area contributed by atoms with Crippen LogP contribution in [0.2, 0.25) is 10.0 Å². The zero-order valence-corrected chi connectivity index (χ0v) is 19.5. The minimum atomic E-state index is -0.337. The minimum Gasteiger partial charge on any atom is -0.497 e. The zero-order valence-electron chi connectivity index (χ0n) is 18.0. The van der Waals surface area contributed by atoms with E-state index in [4.69, 9.17) is 27.9 Å². The average molecular weight is 463 g/mol. The van der Waals surface area contributed by atoms with Gasteiger partial charge in [-0.3, -0.25) is 9.59 Å². The van der Waals surface area contributed by atoms with Crippen LogP contribution in [0, 0.1) is 11.8 Å². The molecule has 1 heterocycles. The number of ether oxygens (including phenoxy) is 1. The minimum absolute atomic E-state index is 0.0287. The molecule has 0 bridgehead atoms. The Morgan fingerprint density at radius 3 is 2.45 bits per heavy atom. The number of nitrogens with zero attached hydrogens (tertiary/aromatic N) is 1. The molecule has 1 N–H and O–H groups in total. The number of carbonyl (C=O) groups is 2. The highest BCUT2D eigenvalue weighted by atomic mass is 35.5. The Kier molecular flexibility index (Phi) is 7.84. The molecule has 0 saturated carbocycles. The first kappa shape index (κ1) is 23.4. The van der Waals surface area contributed by atoms with Gasteiger partial charge in [-0.25, -0.2) is 0 Å². The first-order valence-electron chi connectivity index (χ1n) is 10.5. The highest BCUT2D eigenvalue weighted by molar-refractivity contribution is 6.36. The van der Waals surface area contributed by atoms with Crippen molar-refractivity contribution in [2.24, 2.45) is 11.8 Å². The lowest BCUT2D eigenvalue weighted by Gasteiger charge is -2.18. The van der Waals surface area contributed by atoms with Gasteiger partial charge in [-0.15, -0.1) is 0 Å². The number of carbonyl (C=O) groups excluding carboxylic acids is 2. The van der Waals surface area contributed by atoms with E-state index in [1.807, 2.05) is 24.3 Å². The fourth-order valence-corrected chi connectivity index (χ4v) is 4.36. The molecule has 31 heavy (non-hydrogen) atoms. The summed E-state index contributed by atoms with van der Waals surface area (Å²) < 4.78 is 5.25. The van der Waals surface area contributed by atoms with Crippen molar-refractivity contribution in [2.45, 2.75) is 26.2 Å². The molecule has 0 aliphatic carbocycles. The van der Waals surface area contributed by atoms with E-state index in [-0.39, 0.29) is 23.7 Å². The zero-order chi connectivity index (χ0) is 22.5. The smallest absolute Gasteiger partial charge is 0.255 e. The van der Waals surface area contributed by atoms with Crippen LogP contribution in [-0.4, -0.2) is 43.5 Å². The molecule has 7 heteroatoms. The van der Waals surface area contributed by atoms with Crippen LogP contribution < -0.4 is 10.1 Å². The summed E-state index contributed by atoms with van der Waals surface area (Å²) in [6, 6.07) is 12.5. The number of nitrogens with one attached hydrogen (secondary N) is 1. The molecule has 3 rings (SSSR count). The molecule has 0 aromatic heterocycles. The number of methoxy groups -OCH3 is 1. The lowest BCUT2D eigenvalue weighted by molar-refractivity contribution is -0.124. The topological polar surface area (TPSA) is 58.6 Å². The molecule has 1 fully saturated rings. The Morgan fingerprint density at radius 2 is 1.84 bits per heavy atom. The molecular formula is C24H28Cl2N2O3. The third-order valence-electron chi connectivity index (χ3n) is 5.67. The van der Waals surface area contributed by atoms with Crippen LogP contribution in [0.5, 0.6) is 5.75 Å². The molecule has 2 aromatic carbocycles. The number of hydrogen-bond acceptors (Lipinski definition) is 3. The van der Waals surface area contributed by atoms with Gasteiger partial charge in [0.2, 0.25) is 5.91 Å². The Labute approximate surface area is 193 Å². The monoisotopic (exact) mass is 462 g/mol. The second-order valence-electron chi connectivity index (χ2n) is 8.29. The molecule has 1 aliphatic heterocycles. The van der Waals surface area contributed by atoms with Crippen molar-refractivity contribution in [3.63, 3.8) is 0 Å². The number of amides is 2. The Bertz CT molecular complexity index is 931. The van der Waals surface area contributed by atoms with Crippen LogP contribution in [0.1, 0.15) is 42.1 Å². The van der Waals surface area contributed by atoms with Crippen LogP contribution in [0.15, 0.2) is 42.5 Å². The average Bonchev–Trinajstić information content (AvgIpc) is 3.18. The van der Waals surface area contributed by atoms with Gasteiger partial charge in [0.15, 0.2) is 0 Å². The normalized spacial score (nSPS) is 18.3. The summed E-state index contributed by atoms with van der Waals surface area (Å²) in [4.78, 5) is 27.9. The summed E-state index contributed by atoms with van der Waals surface area (Å²) in [5, 5.41) is 3.83. The number of hydrogen-bond donors (Lipinski definition) is 1. The summed E-state index contributed by atoms with van der Waals surface area (Å²) in [5.74, 6) is 0.583. The van der Waals surface area contributed by atoms with Gasteiger partial charge < -0.3 is 15.0 Å². The molecule has 0 radical (unpaired) electrons. The largest absolute Gasteiger partial charge is 0.497 e. The summed E-state index contributed by atoms with van der Waals surface area (Å²) >= 11 is 12.2. The Balaban J connectivity index is 1.83. The summed E-state index contributed by atoms with van der Waals surface area (Å²) in [6.45, 7) is 5.64. The maximum Gasteiger partial charge on any atom is 0.255 e. The van der Waals surface area contributed by atoms with E-state index >= 15 is 0 Å². The maximum absolute atomic E-state index is 13.2. The highest BCUT2D eigenvalue weighted by Crippen LogP contribution is 2.35. The van der Waals surface area contributed by atoms with Gasteiger partial charge in [-0.05, 0) is 48.2 Å². The van der Waals surface area contributed by atoms with E-state index in [1.54, 1.807) is 30.2 Å². The molecule has 5 nitrogen and oxygen atoms in total. The lowest BCUT2D eigenvalue weighted by atomic mass is 9.88. The van der Waals surface area contributed by atoms with Crippen LogP contribution in [-0.2, 0) is 4.79 Å². The van der Waals surface area contributed by atoms with E-state index < -0.39 is 0 Å². The molecule has 2 atom stereocenters. The van der Waals surface area contributed by atoms with Crippen molar-refractivity contribution in [1.82, 2.24) is 10.2 Å². The van der Waals surface area contributed by atoms with E-state index in [1.165, 1.54) is 0 Å². The van der Waals surface area contributed by atoms with E-state index in [2.05, 4.69) is 19.2 Å². The van der Waals surface area contributed by atoms with E-state index in [9.17, 15) is 9.59 Å². The first-order chi connectivity index (χ1) is 14.8. The molecule has 0 spiro atoms. The van der Waals surface area contributed by atoms with Crippen molar-refractivity contribution >= 4 is 35.0 Å². The van der Waals surface area contributed by atoms with Crippen molar-refractivity contribution in [1.29, 1.82) is 0 Å². The SMILES string of the molecule is COc1ccc(C2CN(C(=O)c3ccc(Cl)cc3Cl)CC2C(=O)NCCC(C)C)cc1. The van der Waals surface area contributed by atoms with Crippen molar-refractivity contribution in [3.8, 4) is 5.75 Å². The third kappa shape index (κ3) is 5.72. The van der Waals surface area contributed by atoms with Crippen LogP contribution >= 0.6 is 23.2 Å². The van der Waals surface area contributed by atoms with Gasteiger partial charge in [0.05, 0.1) is 23.6 Å². The lowest BCUT2D eigenvalue weighted by Crippen LogP contribution is -2.36. The summed E-state index contributed by atoms with van der Waals surface area (Å²) in [7, 11) is 1.62. The third-order valence-corrected chi connectivity index (χ3v) is 6.22. The molecular weight excluding hydrogens is 435 g/mol. The number of likely N-dealkylation sites (tertiary alicyclic amines) is 1. The standard InChI is InChI=1S/C24H28Cl2N2O3/c1-15(2)10-11-27-23(29)21-14-28(24(30)19-9-6-17(25)12-22(19)26)13-20(21)16-4-7-18(31-3)8-5-16/h4-9,12,15,20-21H,10-11,13-14H2,1-3H3,(H,27,29). The van der Waals surface area contributed by atoms with Crippen molar-refractivity contribution in [2.75, 3.05) is 26.7 Å². The molecule has 2 aromatic rings. The highest BCUT2D eigenvalue weighted by Gasteiger charge is 2.40. The molecule has 1 aliphatic rings. The van der Waals surface area contributed by atoms with Crippen LogP contribution in [0.3, 0.4) is 0 Å². The Hall–Kier alpha value is -2.24. The van der Waals surface area contributed by atoms with Gasteiger partial charge >= 0.3 is 0 Å². The number of halogens is 2. The van der Waals surface area contributed by atoms with Crippen molar-refractivity contribution < 1.29 is 14.3 Å². The molecule has 2 unspecified atom stereocenters. The number of rotatable bonds is 7. The predicted molar refractivity (Wildman–Crippen MR) is 124 cm³/mol. The van der Waals surface area contributed by atoms with Gasteiger partial charge in [-0.1, -0.05) is 49.2 Å². The van der Waals surface area contributed by atoms with E-state index in [0.29, 0.717) is 41.2 Å². The number of benzene rings is 2. The fourth-order valence-electron chi connectivity index (χ4n) is 3.87. The second-order valence-corrected chi connectivity index (χ2v) is 9.14. The quantitative estimate of drug-likeness (QED) is 0.628. The molecule has 166 valence electrons.